The van der Waals surface area contributed by atoms with E-state index in [4.69, 9.17) is 0 Å². The Morgan fingerprint density at radius 2 is 2.00 bits per heavy atom. The lowest BCUT2D eigenvalue weighted by atomic mass is 9.90. The number of nitrogens with one attached hydrogen (secondary N) is 2. The number of carbonyl (C=O) groups is 2. The summed E-state index contributed by atoms with van der Waals surface area (Å²) in [6, 6.07) is 11.7. The first kappa shape index (κ1) is 16.7. The van der Waals surface area contributed by atoms with Gasteiger partial charge >= 0.3 is 0 Å². The molecule has 0 saturated carbocycles. The van der Waals surface area contributed by atoms with Crippen molar-refractivity contribution in [3.05, 3.63) is 57.3 Å². The third kappa shape index (κ3) is 4.23. The number of aryl methyl sites for hydroxylation is 1. The van der Waals surface area contributed by atoms with Gasteiger partial charge in [-0.15, -0.1) is 11.3 Å². The third-order valence-corrected chi connectivity index (χ3v) is 5.53. The van der Waals surface area contributed by atoms with Crippen LogP contribution in [0.2, 0.25) is 0 Å². The molecule has 1 aliphatic carbocycles. The van der Waals surface area contributed by atoms with E-state index in [0.717, 1.165) is 18.4 Å². The van der Waals surface area contributed by atoms with E-state index in [1.807, 2.05) is 36.4 Å². The summed E-state index contributed by atoms with van der Waals surface area (Å²) >= 11 is 1.56. The van der Waals surface area contributed by atoms with Crippen LogP contribution in [0.15, 0.2) is 36.4 Å². The van der Waals surface area contributed by atoms with Gasteiger partial charge in [-0.05, 0) is 42.4 Å². The van der Waals surface area contributed by atoms with Gasteiger partial charge in [0.25, 0.3) is 5.91 Å². The maximum absolute atomic E-state index is 12.2. The van der Waals surface area contributed by atoms with Crippen LogP contribution in [0.4, 0.5) is 0 Å². The average Bonchev–Trinajstić information content (AvgIpc) is 3.02. The molecule has 2 N–H and O–H groups in total. The van der Waals surface area contributed by atoms with Crippen molar-refractivity contribution in [1.82, 2.24) is 10.6 Å². The first-order valence-electron chi connectivity index (χ1n) is 8.32. The minimum atomic E-state index is -0.179. The normalized spacial score (nSPS) is 16.3. The summed E-state index contributed by atoms with van der Waals surface area (Å²) in [6.07, 6.45) is 3.30. The summed E-state index contributed by atoms with van der Waals surface area (Å²) in [5.74, 6) is 0.353. The third-order valence-electron chi connectivity index (χ3n) is 4.30. The largest absolute Gasteiger partial charge is 0.350 e. The standard InChI is InChI=1S/C19H22N2O2S/c1-13-7-8-16-15(9-13)10-17(24-16)19(23)21-12-18(22)20-11-14-5-3-2-4-6-14/h2-6,10,13H,7-9,11-12H2,1H3,(H,20,22)(H,21,23). The Bertz CT molecular complexity index is 724. The van der Waals surface area contributed by atoms with Gasteiger partial charge in [0, 0.05) is 11.4 Å². The Hall–Kier alpha value is -2.14. The fraction of sp³-hybridized carbons (Fsp3) is 0.368. The number of hydrogen-bond donors (Lipinski definition) is 2. The van der Waals surface area contributed by atoms with Crippen LogP contribution in [0, 0.1) is 5.92 Å². The molecule has 1 aromatic carbocycles. The van der Waals surface area contributed by atoms with Crippen LogP contribution in [0.25, 0.3) is 0 Å². The number of carbonyl (C=O) groups excluding carboxylic acids is 2. The minimum Gasteiger partial charge on any atom is -0.350 e. The molecule has 0 fully saturated rings. The molecule has 126 valence electrons. The Morgan fingerprint density at radius 3 is 2.79 bits per heavy atom. The summed E-state index contributed by atoms with van der Waals surface area (Å²) in [6.45, 7) is 2.72. The molecule has 4 nitrogen and oxygen atoms in total. The summed E-state index contributed by atoms with van der Waals surface area (Å²) in [5.41, 5.74) is 2.34. The second-order valence-electron chi connectivity index (χ2n) is 6.35. The highest BCUT2D eigenvalue weighted by Crippen LogP contribution is 2.32. The minimum absolute atomic E-state index is 0.00460. The van der Waals surface area contributed by atoms with Crippen molar-refractivity contribution in [3.63, 3.8) is 0 Å². The second-order valence-corrected chi connectivity index (χ2v) is 7.49. The van der Waals surface area contributed by atoms with Crippen molar-refractivity contribution in [3.8, 4) is 0 Å². The number of benzene rings is 1. The Kier molecular flexibility index (Phi) is 5.30. The SMILES string of the molecule is CC1CCc2sc(C(=O)NCC(=O)NCc3ccccc3)cc2C1. The topological polar surface area (TPSA) is 58.2 Å². The maximum Gasteiger partial charge on any atom is 0.261 e. The highest BCUT2D eigenvalue weighted by Gasteiger charge is 2.20. The van der Waals surface area contributed by atoms with Gasteiger partial charge in [0.1, 0.15) is 0 Å². The van der Waals surface area contributed by atoms with E-state index in [0.29, 0.717) is 17.3 Å². The lowest BCUT2D eigenvalue weighted by molar-refractivity contribution is -0.120. The van der Waals surface area contributed by atoms with E-state index in [1.165, 1.54) is 16.9 Å². The van der Waals surface area contributed by atoms with Gasteiger partial charge in [0.05, 0.1) is 11.4 Å². The molecule has 0 aliphatic heterocycles. The molecule has 1 aliphatic rings. The smallest absolute Gasteiger partial charge is 0.261 e. The maximum atomic E-state index is 12.2. The van der Waals surface area contributed by atoms with E-state index in [9.17, 15) is 9.59 Å². The molecule has 1 atom stereocenters. The molecule has 0 bridgehead atoms. The molecule has 24 heavy (non-hydrogen) atoms. The van der Waals surface area contributed by atoms with Crippen molar-refractivity contribution < 1.29 is 9.59 Å². The molecule has 1 unspecified atom stereocenters. The molecule has 1 aromatic heterocycles. The number of thiophene rings is 1. The second kappa shape index (κ2) is 7.62. The highest BCUT2D eigenvalue weighted by molar-refractivity contribution is 7.14. The zero-order chi connectivity index (χ0) is 16.9. The van der Waals surface area contributed by atoms with Gasteiger partial charge in [-0.2, -0.15) is 0 Å². The molecule has 2 amide bonds. The van der Waals surface area contributed by atoms with Gasteiger partial charge in [-0.1, -0.05) is 37.3 Å². The lowest BCUT2D eigenvalue weighted by Gasteiger charge is -2.16. The van der Waals surface area contributed by atoms with E-state index in [2.05, 4.69) is 17.6 Å². The van der Waals surface area contributed by atoms with Gasteiger partial charge < -0.3 is 10.6 Å². The summed E-state index contributed by atoms with van der Waals surface area (Å²) < 4.78 is 0. The van der Waals surface area contributed by atoms with Crippen LogP contribution in [-0.4, -0.2) is 18.4 Å². The number of fused-ring (bicyclic) bond motifs is 1. The Morgan fingerprint density at radius 1 is 1.21 bits per heavy atom. The lowest BCUT2D eigenvalue weighted by Crippen LogP contribution is -2.36. The van der Waals surface area contributed by atoms with Crippen LogP contribution in [0.1, 0.15) is 39.0 Å². The van der Waals surface area contributed by atoms with Crippen molar-refractivity contribution in [1.29, 1.82) is 0 Å². The van der Waals surface area contributed by atoms with Gasteiger partial charge in [0.2, 0.25) is 5.91 Å². The van der Waals surface area contributed by atoms with E-state index in [1.54, 1.807) is 11.3 Å². The molecule has 3 rings (SSSR count). The quantitative estimate of drug-likeness (QED) is 0.878. The van der Waals surface area contributed by atoms with Gasteiger partial charge in [0.15, 0.2) is 0 Å². The van der Waals surface area contributed by atoms with Crippen molar-refractivity contribution >= 4 is 23.2 Å². The summed E-state index contributed by atoms with van der Waals surface area (Å²) in [4.78, 5) is 26.1. The molecule has 1 heterocycles. The van der Waals surface area contributed by atoms with Crippen LogP contribution in [-0.2, 0) is 24.2 Å². The first-order valence-corrected chi connectivity index (χ1v) is 9.14. The van der Waals surface area contributed by atoms with Crippen LogP contribution < -0.4 is 10.6 Å². The fourth-order valence-electron chi connectivity index (χ4n) is 2.92. The van der Waals surface area contributed by atoms with Crippen LogP contribution in [0.5, 0.6) is 0 Å². The van der Waals surface area contributed by atoms with Gasteiger partial charge in [-0.25, -0.2) is 0 Å². The zero-order valence-electron chi connectivity index (χ0n) is 13.8. The Balaban J connectivity index is 1.48. The highest BCUT2D eigenvalue weighted by atomic mass is 32.1. The van der Waals surface area contributed by atoms with Crippen LogP contribution >= 0.6 is 11.3 Å². The molecular weight excluding hydrogens is 320 g/mol. The van der Waals surface area contributed by atoms with Crippen LogP contribution in [0.3, 0.4) is 0 Å². The monoisotopic (exact) mass is 342 g/mol. The van der Waals surface area contributed by atoms with Gasteiger partial charge in [-0.3, -0.25) is 9.59 Å². The molecule has 0 radical (unpaired) electrons. The molecule has 2 aromatic rings. The zero-order valence-corrected chi connectivity index (χ0v) is 14.6. The van der Waals surface area contributed by atoms with Crippen molar-refractivity contribution in [2.45, 2.75) is 32.7 Å². The molecule has 0 saturated heterocycles. The average molecular weight is 342 g/mol. The predicted octanol–water partition coefficient (Wildman–Crippen LogP) is 2.92. The molecule has 0 spiro atoms. The Labute approximate surface area is 146 Å². The first-order chi connectivity index (χ1) is 11.6. The molecule has 5 heteroatoms. The molecular formula is C19H22N2O2S. The number of hydrogen-bond acceptors (Lipinski definition) is 3. The fourth-order valence-corrected chi connectivity index (χ4v) is 4.05. The van der Waals surface area contributed by atoms with E-state index < -0.39 is 0 Å². The number of amides is 2. The summed E-state index contributed by atoms with van der Waals surface area (Å²) in [7, 11) is 0. The van der Waals surface area contributed by atoms with E-state index >= 15 is 0 Å². The predicted molar refractivity (Wildman–Crippen MR) is 96.1 cm³/mol. The summed E-state index contributed by atoms with van der Waals surface area (Å²) in [5, 5.41) is 5.53. The van der Waals surface area contributed by atoms with Crippen molar-refractivity contribution in [2.75, 3.05) is 6.54 Å². The number of rotatable bonds is 5. The van der Waals surface area contributed by atoms with Crippen molar-refractivity contribution in [2.24, 2.45) is 5.92 Å². The van der Waals surface area contributed by atoms with E-state index in [-0.39, 0.29) is 18.4 Å².